The third kappa shape index (κ3) is 3.08. The molecule has 0 aromatic heterocycles. The second kappa shape index (κ2) is 6.13. The van der Waals surface area contributed by atoms with Crippen molar-refractivity contribution < 1.29 is 22.4 Å². The molecule has 0 heterocycles. The van der Waals surface area contributed by atoms with Gasteiger partial charge in [0.1, 0.15) is 23.3 Å². The second-order valence-corrected chi connectivity index (χ2v) is 4.86. The molecule has 0 amide bonds. The number of hydrogen-bond donors (Lipinski definition) is 0. The van der Waals surface area contributed by atoms with Gasteiger partial charge in [0.25, 0.3) is 0 Å². The normalized spacial score (nSPS) is 12.0. The van der Waals surface area contributed by atoms with Crippen LogP contribution in [0.15, 0.2) is 43.0 Å². The maximum atomic E-state index is 13.7. The van der Waals surface area contributed by atoms with Crippen molar-refractivity contribution in [2.45, 2.75) is 6.92 Å². The van der Waals surface area contributed by atoms with Crippen LogP contribution in [-0.2, 0) is 0 Å². The van der Waals surface area contributed by atoms with Crippen LogP contribution in [0.3, 0.4) is 0 Å². The summed E-state index contributed by atoms with van der Waals surface area (Å²) in [7, 11) is 0. The van der Waals surface area contributed by atoms with Crippen LogP contribution in [0.1, 0.15) is 22.8 Å². The molecule has 0 N–H and O–H groups in total. The molecule has 0 aliphatic carbocycles. The maximum Gasteiger partial charge on any atom is 0.172 e. The van der Waals surface area contributed by atoms with Gasteiger partial charge in [-0.3, -0.25) is 4.79 Å². The van der Waals surface area contributed by atoms with E-state index in [4.69, 9.17) is 0 Å². The van der Waals surface area contributed by atoms with Gasteiger partial charge in [-0.25, -0.2) is 17.6 Å². The van der Waals surface area contributed by atoms with Gasteiger partial charge in [-0.15, -0.1) is 0 Å². The van der Waals surface area contributed by atoms with Crippen molar-refractivity contribution >= 4 is 11.4 Å². The van der Waals surface area contributed by atoms with Crippen LogP contribution in [0, 0.1) is 29.2 Å². The zero-order valence-electron chi connectivity index (χ0n) is 11.7. The second-order valence-electron chi connectivity index (χ2n) is 4.86. The summed E-state index contributed by atoms with van der Waals surface area (Å²) in [4.78, 5) is 12.2. The third-order valence-electron chi connectivity index (χ3n) is 3.39. The highest BCUT2D eigenvalue weighted by molar-refractivity contribution is 6.04. The summed E-state index contributed by atoms with van der Waals surface area (Å²) in [5.74, 6) is -5.01. The first-order valence-electron chi connectivity index (χ1n) is 6.44. The molecule has 2 aromatic rings. The van der Waals surface area contributed by atoms with E-state index in [2.05, 4.69) is 6.58 Å². The average molecular weight is 308 g/mol. The molecule has 0 aliphatic rings. The Labute approximate surface area is 124 Å². The third-order valence-corrected chi connectivity index (χ3v) is 3.39. The summed E-state index contributed by atoms with van der Waals surface area (Å²) in [5.41, 5.74) is -0.242. The lowest BCUT2D eigenvalue weighted by molar-refractivity contribution is 0.0953. The minimum atomic E-state index is -0.996. The Morgan fingerprint density at radius 1 is 0.909 bits per heavy atom. The molecule has 1 atom stereocenters. The fraction of sp³-hybridized carbons (Fsp3) is 0.118. The van der Waals surface area contributed by atoms with Gasteiger partial charge in [0.2, 0.25) is 0 Å². The van der Waals surface area contributed by atoms with Gasteiger partial charge in [-0.05, 0) is 29.8 Å². The number of carbonyl (C=O) groups is 1. The summed E-state index contributed by atoms with van der Waals surface area (Å²) < 4.78 is 53.1. The smallest absolute Gasteiger partial charge is 0.172 e. The molecule has 5 heteroatoms. The fourth-order valence-electron chi connectivity index (χ4n) is 2.06. The highest BCUT2D eigenvalue weighted by Gasteiger charge is 2.23. The molecule has 2 aromatic carbocycles. The molecule has 0 saturated heterocycles. The zero-order chi connectivity index (χ0) is 16.4. The van der Waals surface area contributed by atoms with Crippen LogP contribution in [0.4, 0.5) is 17.6 Å². The number of benzene rings is 2. The number of halogens is 4. The first-order valence-corrected chi connectivity index (χ1v) is 6.44. The Kier molecular flexibility index (Phi) is 4.45. The van der Waals surface area contributed by atoms with Crippen molar-refractivity contribution in [3.63, 3.8) is 0 Å². The van der Waals surface area contributed by atoms with E-state index in [1.165, 1.54) is 6.92 Å². The molecule has 22 heavy (non-hydrogen) atoms. The van der Waals surface area contributed by atoms with Crippen molar-refractivity contribution in [1.82, 2.24) is 0 Å². The zero-order valence-corrected chi connectivity index (χ0v) is 11.7. The van der Waals surface area contributed by atoms with Gasteiger partial charge in [-0.2, -0.15) is 0 Å². The Bertz CT molecular complexity index is 689. The average Bonchev–Trinajstić information content (AvgIpc) is 2.45. The Balaban J connectivity index is 2.32. The molecule has 1 nitrogen and oxygen atoms in total. The Morgan fingerprint density at radius 2 is 1.36 bits per heavy atom. The molecular weight excluding hydrogens is 296 g/mol. The van der Waals surface area contributed by atoms with E-state index in [0.29, 0.717) is 12.1 Å². The topological polar surface area (TPSA) is 17.1 Å². The quantitative estimate of drug-likeness (QED) is 0.587. The van der Waals surface area contributed by atoms with Crippen LogP contribution < -0.4 is 0 Å². The number of carbonyl (C=O) groups excluding carboxylic acids is 1. The number of hydrogen-bond acceptors (Lipinski definition) is 1. The van der Waals surface area contributed by atoms with E-state index in [-0.39, 0.29) is 16.7 Å². The first-order chi connectivity index (χ1) is 10.3. The lowest BCUT2D eigenvalue weighted by Gasteiger charge is -2.15. The van der Waals surface area contributed by atoms with Crippen LogP contribution in [-0.4, -0.2) is 5.78 Å². The SMILES string of the molecule is C=C(c1ccc(F)cc1F)C(C)C(=O)c1ccc(F)cc1F. The van der Waals surface area contributed by atoms with Crippen LogP contribution in [0.25, 0.3) is 5.57 Å². The lowest BCUT2D eigenvalue weighted by Crippen LogP contribution is -2.15. The molecule has 114 valence electrons. The van der Waals surface area contributed by atoms with Crippen LogP contribution >= 0.6 is 0 Å². The summed E-state index contributed by atoms with van der Waals surface area (Å²) in [6.45, 7) is 5.06. The summed E-state index contributed by atoms with van der Waals surface area (Å²) in [5, 5.41) is 0. The van der Waals surface area contributed by atoms with Gasteiger partial charge >= 0.3 is 0 Å². The van der Waals surface area contributed by atoms with E-state index < -0.39 is 35.0 Å². The summed E-state index contributed by atoms with van der Waals surface area (Å²) in [6, 6.07) is 5.47. The molecule has 0 spiro atoms. The van der Waals surface area contributed by atoms with Crippen molar-refractivity contribution in [3.05, 3.63) is 77.4 Å². The molecule has 0 fully saturated rings. The number of Topliss-reactive ketones (excluding diaryl/α,β-unsaturated/α-hetero) is 1. The van der Waals surface area contributed by atoms with E-state index in [9.17, 15) is 22.4 Å². The Hall–Kier alpha value is -2.43. The molecule has 0 saturated carbocycles. The monoisotopic (exact) mass is 308 g/mol. The molecule has 0 bridgehead atoms. The number of rotatable bonds is 4. The van der Waals surface area contributed by atoms with Gasteiger partial charge < -0.3 is 0 Å². The van der Waals surface area contributed by atoms with Crippen LogP contribution in [0.5, 0.6) is 0 Å². The maximum absolute atomic E-state index is 13.7. The fourth-order valence-corrected chi connectivity index (χ4v) is 2.06. The highest BCUT2D eigenvalue weighted by atomic mass is 19.1. The summed E-state index contributed by atoms with van der Waals surface area (Å²) >= 11 is 0. The van der Waals surface area contributed by atoms with Gasteiger partial charge in [0.15, 0.2) is 5.78 Å². The molecule has 2 rings (SSSR count). The van der Waals surface area contributed by atoms with Crippen molar-refractivity contribution in [2.75, 3.05) is 0 Å². The molecule has 1 unspecified atom stereocenters. The standard InChI is InChI=1S/C17H12F4O/c1-9(13-5-3-11(18)7-15(13)20)10(2)17(22)14-6-4-12(19)8-16(14)21/h3-8,10H,1H2,2H3. The van der Waals surface area contributed by atoms with Crippen molar-refractivity contribution in [1.29, 1.82) is 0 Å². The molecular formula is C17H12F4O. The van der Waals surface area contributed by atoms with Crippen molar-refractivity contribution in [3.8, 4) is 0 Å². The van der Waals surface area contributed by atoms with E-state index in [1.54, 1.807) is 0 Å². The minimum Gasteiger partial charge on any atom is -0.293 e. The van der Waals surface area contributed by atoms with Crippen molar-refractivity contribution in [2.24, 2.45) is 5.92 Å². The van der Waals surface area contributed by atoms with E-state index in [0.717, 1.165) is 24.3 Å². The van der Waals surface area contributed by atoms with Gasteiger partial charge in [0, 0.05) is 23.6 Å². The van der Waals surface area contributed by atoms with E-state index >= 15 is 0 Å². The Morgan fingerprint density at radius 3 is 1.82 bits per heavy atom. The number of ketones is 1. The predicted molar refractivity (Wildman–Crippen MR) is 75.2 cm³/mol. The largest absolute Gasteiger partial charge is 0.293 e. The first kappa shape index (κ1) is 15.9. The predicted octanol–water partition coefficient (Wildman–Crippen LogP) is 4.78. The van der Waals surface area contributed by atoms with Gasteiger partial charge in [-0.1, -0.05) is 13.5 Å². The van der Waals surface area contributed by atoms with E-state index in [1.807, 2.05) is 0 Å². The minimum absolute atomic E-state index is 0.0234. The van der Waals surface area contributed by atoms with Crippen LogP contribution in [0.2, 0.25) is 0 Å². The number of allylic oxidation sites excluding steroid dienone is 1. The molecule has 0 radical (unpaired) electrons. The van der Waals surface area contributed by atoms with Gasteiger partial charge in [0.05, 0.1) is 5.56 Å². The summed E-state index contributed by atoms with van der Waals surface area (Å²) in [6.07, 6.45) is 0. The molecule has 0 aliphatic heterocycles. The lowest BCUT2D eigenvalue weighted by atomic mass is 9.88. The highest BCUT2D eigenvalue weighted by Crippen LogP contribution is 2.28.